The highest BCUT2D eigenvalue weighted by Crippen LogP contribution is 2.22. The van der Waals surface area contributed by atoms with Crippen LogP contribution in [0.15, 0.2) is 60.7 Å². The lowest BCUT2D eigenvalue weighted by Crippen LogP contribution is -2.30. The van der Waals surface area contributed by atoms with Crippen LogP contribution >= 0.6 is 0 Å². The van der Waals surface area contributed by atoms with Gasteiger partial charge in [0.15, 0.2) is 6.10 Å². The SMILES string of the molecule is Cc1cc(C)n(-c2ccccc2NC(=O)C(C)Oc2ccccc2)n1. The molecule has 0 fully saturated rings. The van der Waals surface area contributed by atoms with E-state index in [1.54, 1.807) is 6.92 Å². The molecule has 3 aromatic rings. The minimum Gasteiger partial charge on any atom is -0.481 e. The average molecular weight is 335 g/mol. The number of anilines is 1. The molecule has 3 rings (SSSR count). The Morgan fingerprint density at radius 3 is 2.44 bits per heavy atom. The van der Waals surface area contributed by atoms with Gasteiger partial charge in [-0.1, -0.05) is 30.3 Å². The van der Waals surface area contributed by atoms with Crippen molar-refractivity contribution in [1.82, 2.24) is 9.78 Å². The number of para-hydroxylation sites is 3. The molecule has 1 N–H and O–H groups in total. The zero-order valence-electron chi connectivity index (χ0n) is 14.6. The van der Waals surface area contributed by atoms with Crippen molar-refractivity contribution in [3.05, 3.63) is 72.1 Å². The van der Waals surface area contributed by atoms with Crippen molar-refractivity contribution in [1.29, 1.82) is 0 Å². The molecule has 5 heteroatoms. The first-order valence-corrected chi connectivity index (χ1v) is 8.20. The molecule has 1 atom stereocenters. The molecule has 0 aliphatic rings. The van der Waals surface area contributed by atoms with Crippen molar-refractivity contribution < 1.29 is 9.53 Å². The van der Waals surface area contributed by atoms with Crippen LogP contribution in [0, 0.1) is 13.8 Å². The molecule has 0 saturated carbocycles. The first-order chi connectivity index (χ1) is 12.0. The normalized spacial score (nSPS) is 11.8. The number of amides is 1. The maximum Gasteiger partial charge on any atom is 0.265 e. The number of carbonyl (C=O) groups is 1. The number of nitrogens with zero attached hydrogens (tertiary/aromatic N) is 2. The molecule has 0 radical (unpaired) electrons. The summed E-state index contributed by atoms with van der Waals surface area (Å²) in [6.07, 6.45) is -0.615. The number of aryl methyl sites for hydroxylation is 2. The molecule has 2 aromatic carbocycles. The van der Waals surface area contributed by atoms with Crippen LogP contribution in [0.25, 0.3) is 5.69 Å². The lowest BCUT2D eigenvalue weighted by Gasteiger charge is -2.17. The van der Waals surface area contributed by atoms with Gasteiger partial charge in [-0.3, -0.25) is 4.79 Å². The summed E-state index contributed by atoms with van der Waals surface area (Å²) in [7, 11) is 0. The van der Waals surface area contributed by atoms with Crippen LogP contribution in [0.2, 0.25) is 0 Å². The molecule has 1 heterocycles. The molecule has 0 bridgehead atoms. The fourth-order valence-corrected chi connectivity index (χ4v) is 2.63. The summed E-state index contributed by atoms with van der Waals surface area (Å²) in [6, 6.07) is 18.9. The standard InChI is InChI=1S/C20H21N3O2/c1-14-13-15(2)23(22-14)19-12-8-7-11-18(19)21-20(24)16(3)25-17-9-5-4-6-10-17/h4-13,16H,1-3H3,(H,21,24). The van der Waals surface area contributed by atoms with Gasteiger partial charge in [0.25, 0.3) is 5.91 Å². The smallest absolute Gasteiger partial charge is 0.265 e. The first kappa shape index (κ1) is 16.8. The topological polar surface area (TPSA) is 56.2 Å². The maximum absolute atomic E-state index is 12.5. The van der Waals surface area contributed by atoms with Gasteiger partial charge >= 0.3 is 0 Å². The second kappa shape index (κ2) is 7.21. The zero-order valence-corrected chi connectivity index (χ0v) is 14.6. The summed E-state index contributed by atoms with van der Waals surface area (Å²) in [6.45, 7) is 5.66. The fraction of sp³-hybridized carbons (Fsp3) is 0.200. The van der Waals surface area contributed by atoms with Crippen molar-refractivity contribution in [3.8, 4) is 11.4 Å². The molecule has 0 aliphatic heterocycles. The Kier molecular flexibility index (Phi) is 4.84. The highest BCUT2D eigenvalue weighted by molar-refractivity contribution is 5.95. The van der Waals surface area contributed by atoms with Gasteiger partial charge in [0.05, 0.1) is 17.1 Å². The Labute approximate surface area is 147 Å². The molecule has 0 saturated heterocycles. The summed E-state index contributed by atoms with van der Waals surface area (Å²) in [5.41, 5.74) is 3.46. The number of nitrogens with one attached hydrogen (secondary N) is 1. The molecule has 5 nitrogen and oxygen atoms in total. The second-order valence-electron chi connectivity index (χ2n) is 5.92. The minimum atomic E-state index is -0.615. The number of benzene rings is 2. The van der Waals surface area contributed by atoms with Gasteiger partial charge in [-0.05, 0) is 51.1 Å². The second-order valence-corrected chi connectivity index (χ2v) is 5.92. The number of hydrogen-bond acceptors (Lipinski definition) is 3. The number of aromatic nitrogens is 2. The monoisotopic (exact) mass is 335 g/mol. The Morgan fingerprint density at radius 1 is 1.08 bits per heavy atom. The molecule has 0 spiro atoms. The Hall–Kier alpha value is -3.08. The van der Waals surface area contributed by atoms with E-state index in [1.807, 2.05) is 79.2 Å². The van der Waals surface area contributed by atoms with Gasteiger partial charge < -0.3 is 10.1 Å². The van der Waals surface area contributed by atoms with Gasteiger partial charge in [0.2, 0.25) is 0 Å². The number of carbonyl (C=O) groups excluding carboxylic acids is 1. The van der Waals surface area contributed by atoms with Crippen LogP contribution in [-0.2, 0) is 4.79 Å². The Bertz CT molecular complexity index is 872. The molecular formula is C20H21N3O2. The molecule has 1 aromatic heterocycles. The van der Waals surface area contributed by atoms with Crippen molar-refractivity contribution >= 4 is 11.6 Å². The molecule has 1 amide bonds. The highest BCUT2D eigenvalue weighted by atomic mass is 16.5. The summed E-state index contributed by atoms with van der Waals surface area (Å²) in [5, 5.41) is 7.44. The van der Waals surface area contributed by atoms with E-state index in [0.717, 1.165) is 17.1 Å². The van der Waals surface area contributed by atoms with E-state index < -0.39 is 6.10 Å². The van der Waals surface area contributed by atoms with Gasteiger partial charge in [-0.25, -0.2) is 4.68 Å². The predicted octanol–water partition coefficient (Wildman–Crippen LogP) is 3.90. The van der Waals surface area contributed by atoms with Crippen molar-refractivity contribution in [2.24, 2.45) is 0 Å². The van der Waals surface area contributed by atoms with Crippen LogP contribution in [0.4, 0.5) is 5.69 Å². The minimum absolute atomic E-state index is 0.210. The van der Waals surface area contributed by atoms with Gasteiger partial charge in [0.1, 0.15) is 5.75 Å². The molecular weight excluding hydrogens is 314 g/mol. The third-order valence-electron chi connectivity index (χ3n) is 3.82. The van der Waals surface area contributed by atoms with Crippen LogP contribution in [-0.4, -0.2) is 21.8 Å². The Balaban J connectivity index is 1.79. The lowest BCUT2D eigenvalue weighted by atomic mass is 10.2. The number of rotatable bonds is 5. The van der Waals surface area contributed by atoms with E-state index in [9.17, 15) is 4.79 Å². The summed E-state index contributed by atoms with van der Waals surface area (Å²) in [5.74, 6) is 0.454. The van der Waals surface area contributed by atoms with E-state index in [0.29, 0.717) is 11.4 Å². The van der Waals surface area contributed by atoms with Gasteiger partial charge in [-0.2, -0.15) is 5.10 Å². The number of ether oxygens (including phenoxy) is 1. The largest absolute Gasteiger partial charge is 0.481 e. The van der Waals surface area contributed by atoms with Gasteiger partial charge in [0, 0.05) is 5.69 Å². The van der Waals surface area contributed by atoms with E-state index in [2.05, 4.69) is 10.4 Å². The molecule has 1 unspecified atom stereocenters. The molecule has 128 valence electrons. The summed E-state index contributed by atoms with van der Waals surface area (Å²) >= 11 is 0. The van der Waals surface area contributed by atoms with Crippen molar-refractivity contribution in [2.75, 3.05) is 5.32 Å². The quantitative estimate of drug-likeness (QED) is 0.769. The van der Waals surface area contributed by atoms with E-state index >= 15 is 0 Å². The average Bonchev–Trinajstić information content (AvgIpc) is 2.94. The van der Waals surface area contributed by atoms with Crippen LogP contribution in [0.3, 0.4) is 0 Å². The van der Waals surface area contributed by atoms with Crippen molar-refractivity contribution in [2.45, 2.75) is 26.9 Å². The van der Waals surface area contributed by atoms with Gasteiger partial charge in [-0.15, -0.1) is 0 Å². The highest BCUT2D eigenvalue weighted by Gasteiger charge is 2.17. The summed E-state index contributed by atoms with van der Waals surface area (Å²) in [4.78, 5) is 12.5. The maximum atomic E-state index is 12.5. The van der Waals surface area contributed by atoms with E-state index in [4.69, 9.17) is 4.74 Å². The lowest BCUT2D eigenvalue weighted by molar-refractivity contribution is -0.122. The van der Waals surface area contributed by atoms with Crippen LogP contribution in [0.1, 0.15) is 18.3 Å². The first-order valence-electron chi connectivity index (χ1n) is 8.20. The van der Waals surface area contributed by atoms with Crippen LogP contribution in [0.5, 0.6) is 5.75 Å². The van der Waals surface area contributed by atoms with E-state index in [1.165, 1.54) is 0 Å². The molecule has 0 aliphatic carbocycles. The van der Waals surface area contributed by atoms with E-state index in [-0.39, 0.29) is 5.91 Å². The van der Waals surface area contributed by atoms with Crippen LogP contribution < -0.4 is 10.1 Å². The summed E-state index contributed by atoms with van der Waals surface area (Å²) < 4.78 is 7.51. The zero-order chi connectivity index (χ0) is 17.8. The Morgan fingerprint density at radius 2 is 1.76 bits per heavy atom. The van der Waals surface area contributed by atoms with Crippen molar-refractivity contribution in [3.63, 3.8) is 0 Å². The molecule has 25 heavy (non-hydrogen) atoms. The third kappa shape index (κ3) is 3.88. The third-order valence-corrected chi connectivity index (χ3v) is 3.82. The predicted molar refractivity (Wildman–Crippen MR) is 98.2 cm³/mol. The fourth-order valence-electron chi connectivity index (χ4n) is 2.63. The number of hydrogen-bond donors (Lipinski definition) is 1.